The zero-order valence-electron chi connectivity index (χ0n) is 11.6. The molecule has 0 saturated carbocycles. The van der Waals surface area contributed by atoms with E-state index in [1.165, 1.54) is 12.7 Å². The van der Waals surface area contributed by atoms with Crippen LogP contribution < -0.4 is 0 Å². The van der Waals surface area contributed by atoms with Gasteiger partial charge in [-0.1, -0.05) is 12.1 Å². The molecule has 4 heteroatoms. The number of benzene rings is 1. The first-order valence-corrected chi connectivity index (χ1v) is 6.62. The quantitative estimate of drug-likeness (QED) is 0.845. The zero-order chi connectivity index (χ0) is 13.9. The van der Waals surface area contributed by atoms with Crippen molar-refractivity contribution < 1.29 is 14.6 Å². The maximum atomic E-state index is 11.3. The van der Waals surface area contributed by atoms with Crippen LogP contribution in [-0.2, 0) is 11.3 Å². The maximum Gasteiger partial charge on any atom is 0.337 e. The van der Waals surface area contributed by atoms with Crippen LogP contribution >= 0.6 is 0 Å². The largest absolute Gasteiger partial charge is 0.465 e. The Morgan fingerprint density at radius 3 is 2.42 bits per heavy atom. The number of ether oxygens (including phenoxy) is 1. The highest BCUT2D eigenvalue weighted by atomic mass is 16.5. The van der Waals surface area contributed by atoms with Gasteiger partial charge in [-0.3, -0.25) is 4.90 Å². The summed E-state index contributed by atoms with van der Waals surface area (Å²) >= 11 is 0. The molecule has 19 heavy (non-hydrogen) atoms. The van der Waals surface area contributed by atoms with Gasteiger partial charge in [0.15, 0.2) is 0 Å². The molecular formula is C15H21NO3. The fourth-order valence-corrected chi connectivity index (χ4v) is 2.32. The van der Waals surface area contributed by atoms with Crippen molar-refractivity contribution in [3.05, 3.63) is 35.4 Å². The van der Waals surface area contributed by atoms with Gasteiger partial charge in [0, 0.05) is 19.6 Å². The Balaban J connectivity index is 1.92. The number of carbonyl (C=O) groups excluding carboxylic acids is 1. The number of hydrogen-bond donors (Lipinski definition) is 1. The molecule has 2 rings (SSSR count). The predicted octanol–water partition coefficient (Wildman–Crippen LogP) is 1.82. The van der Waals surface area contributed by atoms with E-state index in [2.05, 4.69) is 9.64 Å². The molecule has 1 aromatic rings. The average Bonchev–Trinajstić information content (AvgIpc) is 2.41. The molecule has 0 radical (unpaired) electrons. The fraction of sp³-hybridized carbons (Fsp3) is 0.533. The second-order valence-corrected chi connectivity index (χ2v) is 5.46. The van der Waals surface area contributed by atoms with E-state index in [4.69, 9.17) is 0 Å². The number of likely N-dealkylation sites (tertiary alicyclic amines) is 1. The summed E-state index contributed by atoms with van der Waals surface area (Å²) in [5, 5.41) is 9.90. The number of piperidine rings is 1. The van der Waals surface area contributed by atoms with Crippen molar-refractivity contribution in [2.75, 3.05) is 20.2 Å². The zero-order valence-corrected chi connectivity index (χ0v) is 11.6. The summed E-state index contributed by atoms with van der Waals surface area (Å²) in [6, 6.07) is 7.50. The number of carbonyl (C=O) groups is 1. The number of rotatable bonds is 3. The Kier molecular flexibility index (Phi) is 4.22. The third-order valence-corrected chi connectivity index (χ3v) is 3.71. The average molecular weight is 263 g/mol. The molecule has 1 saturated heterocycles. The summed E-state index contributed by atoms with van der Waals surface area (Å²) in [7, 11) is 1.38. The van der Waals surface area contributed by atoms with Gasteiger partial charge in [-0.2, -0.15) is 0 Å². The van der Waals surface area contributed by atoms with Gasteiger partial charge in [0.25, 0.3) is 0 Å². The van der Waals surface area contributed by atoms with Crippen molar-refractivity contribution >= 4 is 5.97 Å². The van der Waals surface area contributed by atoms with Gasteiger partial charge in [0.2, 0.25) is 0 Å². The molecule has 1 fully saturated rings. The van der Waals surface area contributed by atoms with E-state index in [1.54, 1.807) is 12.1 Å². The van der Waals surface area contributed by atoms with Gasteiger partial charge in [0.1, 0.15) is 0 Å². The molecule has 0 atom stereocenters. The molecule has 0 aromatic heterocycles. The molecule has 0 unspecified atom stereocenters. The Morgan fingerprint density at radius 1 is 1.32 bits per heavy atom. The predicted molar refractivity (Wildman–Crippen MR) is 72.9 cm³/mol. The van der Waals surface area contributed by atoms with Crippen LogP contribution in [0.15, 0.2) is 24.3 Å². The van der Waals surface area contributed by atoms with E-state index < -0.39 is 5.60 Å². The van der Waals surface area contributed by atoms with Crippen LogP contribution in [0.5, 0.6) is 0 Å². The van der Waals surface area contributed by atoms with Crippen molar-refractivity contribution in [1.29, 1.82) is 0 Å². The Labute approximate surface area is 114 Å². The molecule has 0 aliphatic carbocycles. The molecule has 4 nitrogen and oxygen atoms in total. The molecule has 0 bridgehead atoms. The van der Waals surface area contributed by atoms with Crippen molar-refractivity contribution in [1.82, 2.24) is 4.90 Å². The van der Waals surface area contributed by atoms with Crippen LogP contribution in [0.2, 0.25) is 0 Å². The lowest BCUT2D eigenvalue weighted by molar-refractivity contribution is -0.00731. The van der Waals surface area contributed by atoms with Crippen LogP contribution in [0.1, 0.15) is 35.7 Å². The lowest BCUT2D eigenvalue weighted by atomic mass is 9.93. The first-order chi connectivity index (χ1) is 9.00. The Morgan fingerprint density at radius 2 is 1.89 bits per heavy atom. The minimum atomic E-state index is -0.509. The van der Waals surface area contributed by atoms with E-state index in [0.717, 1.165) is 32.5 Å². The van der Waals surface area contributed by atoms with Crippen LogP contribution in [-0.4, -0.2) is 41.8 Å². The summed E-state index contributed by atoms with van der Waals surface area (Å²) in [6.45, 7) is 4.57. The number of esters is 1. The summed E-state index contributed by atoms with van der Waals surface area (Å²) in [5.41, 5.74) is 1.24. The van der Waals surface area contributed by atoms with Crippen LogP contribution in [0, 0.1) is 0 Å². The highest BCUT2D eigenvalue weighted by Gasteiger charge is 2.27. The normalized spacial score (nSPS) is 19.1. The standard InChI is InChI=1S/C15H21NO3/c1-15(18)7-9-16(10-8-15)11-12-3-5-13(6-4-12)14(17)19-2/h3-6,18H,7-11H2,1-2H3. The Bertz CT molecular complexity index is 429. The van der Waals surface area contributed by atoms with Gasteiger partial charge in [-0.25, -0.2) is 4.79 Å². The smallest absolute Gasteiger partial charge is 0.337 e. The summed E-state index contributed by atoms with van der Waals surface area (Å²) in [5.74, 6) is -0.305. The summed E-state index contributed by atoms with van der Waals surface area (Å²) < 4.78 is 4.67. The van der Waals surface area contributed by atoms with Crippen molar-refractivity contribution in [3.63, 3.8) is 0 Å². The Hall–Kier alpha value is -1.39. The minimum Gasteiger partial charge on any atom is -0.465 e. The van der Waals surface area contributed by atoms with Gasteiger partial charge in [-0.15, -0.1) is 0 Å². The monoisotopic (exact) mass is 263 g/mol. The maximum absolute atomic E-state index is 11.3. The van der Waals surface area contributed by atoms with Crippen LogP contribution in [0.25, 0.3) is 0 Å². The third-order valence-electron chi connectivity index (χ3n) is 3.71. The lowest BCUT2D eigenvalue weighted by Gasteiger charge is -2.35. The highest BCUT2D eigenvalue weighted by molar-refractivity contribution is 5.89. The lowest BCUT2D eigenvalue weighted by Crippen LogP contribution is -2.41. The van der Waals surface area contributed by atoms with E-state index in [-0.39, 0.29) is 5.97 Å². The topological polar surface area (TPSA) is 49.8 Å². The molecule has 1 aliphatic rings. The second-order valence-electron chi connectivity index (χ2n) is 5.46. The molecular weight excluding hydrogens is 242 g/mol. The van der Waals surface area contributed by atoms with Crippen LogP contribution in [0.4, 0.5) is 0 Å². The number of methoxy groups -OCH3 is 1. The second kappa shape index (κ2) is 5.72. The number of aliphatic hydroxyl groups is 1. The molecule has 0 amide bonds. The summed E-state index contributed by atoms with van der Waals surface area (Å²) in [4.78, 5) is 13.7. The third kappa shape index (κ3) is 3.78. The van der Waals surface area contributed by atoms with Crippen molar-refractivity contribution in [2.24, 2.45) is 0 Å². The van der Waals surface area contributed by atoms with Crippen molar-refractivity contribution in [3.8, 4) is 0 Å². The van der Waals surface area contributed by atoms with Gasteiger partial charge in [0.05, 0.1) is 18.3 Å². The molecule has 1 aromatic carbocycles. The van der Waals surface area contributed by atoms with E-state index in [1.807, 2.05) is 19.1 Å². The summed E-state index contributed by atoms with van der Waals surface area (Å²) in [6.07, 6.45) is 1.63. The van der Waals surface area contributed by atoms with E-state index >= 15 is 0 Å². The SMILES string of the molecule is COC(=O)c1ccc(CN2CCC(C)(O)CC2)cc1. The van der Waals surface area contributed by atoms with Gasteiger partial charge < -0.3 is 9.84 Å². The van der Waals surface area contributed by atoms with E-state index in [0.29, 0.717) is 5.56 Å². The first kappa shape index (κ1) is 14.0. The van der Waals surface area contributed by atoms with Crippen LogP contribution in [0.3, 0.4) is 0 Å². The minimum absolute atomic E-state index is 0.305. The highest BCUT2D eigenvalue weighted by Crippen LogP contribution is 2.22. The van der Waals surface area contributed by atoms with E-state index in [9.17, 15) is 9.90 Å². The van der Waals surface area contributed by atoms with Gasteiger partial charge in [-0.05, 0) is 37.5 Å². The number of hydrogen-bond acceptors (Lipinski definition) is 4. The molecule has 0 spiro atoms. The van der Waals surface area contributed by atoms with Gasteiger partial charge >= 0.3 is 5.97 Å². The molecule has 1 N–H and O–H groups in total. The first-order valence-electron chi connectivity index (χ1n) is 6.62. The fourth-order valence-electron chi connectivity index (χ4n) is 2.32. The molecule has 1 aliphatic heterocycles. The van der Waals surface area contributed by atoms with Crippen molar-refractivity contribution in [2.45, 2.75) is 31.9 Å². The number of nitrogens with zero attached hydrogens (tertiary/aromatic N) is 1. The molecule has 1 heterocycles. The molecule has 104 valence electrons.